The fourth-order valence-electron chi connectivity index (χ4n) is 2.38. The summed E-state index contributed by atoms with van der Waals surface area (Å²) in [5.74, 6) is 0. The first kappa shape index (κ1) is 15.4. The Morgan fingerprint density at radius 2 is 1.81 bits per heavy atom. The molecule has 0 heterocycles. The zero-order valence-corrected chi connectivity index (χ0v) is 13.4. The Labute approximate surface area is 128 Å². The summed E-state index contributed by atoms with van der Waals surface area (Å²) in [5.41, 5.74) is 7.36. The molecule has 0 amide bonds. The van der Waals surface area contributed by atoms with Crippen molar-refractivity contribution in [3.63, 3.8) is 0 Å². The first-order chi connectivity index (χ1) is 10.1. The van der Waals surface area contributed by atoms with Gasteiger partial charge in [-0.2, -0.15) is 0 Å². The Kier molecular flexibility index (Phi) is 5.21. The van der Waals surface area contributed by atoms with E-state index in [2.05, 4.69) is 75.1 Å². The molecule has 0 bridgehead atoms. The van der Waals surface area contributed by atoms with E-state index in [0.717, 1.165) is 12.1 Å². The second-order valence-electron chi connectivity index (χ2n) is 5.67. The van der Waals surface area contributed by atoms with Crippen molar-refractivity contribution < 1.29 is 0 Å². The molecule has 2 rings (SSSR count). The molecule has 1 heteroatoms. The molecule has 0 unspecified atom stereocenters. The Bertz CT molecular complexity index is 608. The second-order valence-corrected chi connectivity index (χ2v) is 5.67. The van der Waals surface area contributed by atoms with Gasteiger partial charge in [0.25, 0.3) is 0 Å². The van der Waals surface area contributed by atoms with E-state index >= 15 is 0 Å². The highest BCUT2D eigenvalue weighted by molar-refractivity contribution is 5.74. The average molecular weight is 279 g/mol. The van der Waals surface area contributed by atoms with E-state index in [1.165, 1.54) is 40.8 Å². The van der Waals surface area contributed by atoms with Crippen LogP contribution in [0.4, 0.5) is 5.69 Å². The van der Waals surface area contributed by atoms with Crippen LogP contribution in [0.1, 0.15) is 37.8 Å². The summed E-state index contributed by atoms with van der Waals surface area (Å²) in [5, 5.41) is 3.45. The minimum atomic E-state index is 1.04. The van der Waals surface area contributed by atoms with Gasteiger partial charge in [-0.05, 0) is 60.7 Å². The van der Waals surface area contributed by atoms with Gasteiger partial charge in [-0.15, -0.1) is 0 Å². The third kappa shape index (κ3) is 3.98. The molecule has 0 aliphatic carbocycles. The van der Waals surface area contributed by atoms with Crippen molar-refractivity contribution in [1.29, 1.82) is 0 Å². The zero-order valence-electron chi connectivity index (χ0n) is 13.4. The summed E-state index contributed by atoms with van der Waals surface area (Å²) in [7, 11) is 0. The van der Waals surface area contributed by atoms with Crippen molar-refractivity contribution in [2.45, 2.75) is 33.6 Å². The fraction of sp³-hybridized carbons (Fsp3) is 0.300. The van der Waals surface area contributed by atoms with E-state index < -0.39 is 0 Å². The molecule has 0 aliphatic heterocycles. The summed E-state index contributed by atoms with van der Waals surface area (Å²) in [6, 6.07) is 15.3. The molecule has 0 fully saturated rings. The molecule has 1 nitrogen and oxygen atoms in total. The summed E-state index contributed by atoms with van der Waals surface area (Å²) in [6.07, 6.45) is 2.43. The van der Waals surface area contributed by atoms with Crippen molar-refractivity contribution in [2.75, 3.05) is 11.9 Å². The first-order valence-electron chi connectivity index (χ1n) is 7.72. The van der Waals surface area contributed by atoms with E-state index in [4.69, 9.17) is 0 Å². The number of hydrogen-bond acceptors (Lipinski definition) is 1. The maximum Gasteiger partial charge on any atom is 0.0340 e. The standard InChI is InChI=1S/C20H25N/c1-5-6-13-21-19-11-9-17(10-12-19)20-14-18(15(2)3)8-7-16(20)4/h7-12,14,21H,2,5-6,13H2,1,3-4H3. The normalized spacial score (nSPS) is 10.4. The highest BCUT2D eigenvalue weighted by Crippen LogP contribution is 2.27. The van der Waals surface area contributed by atoms with Crippen molar-refractivity contribution in [2.24, 2.45) is 0 Å². The summed E-state index contributed by atoms with van der Waals surface area (Å²) >= 11 is 0. The molecule has 0 radical (unpaired) electrons. The van der Waals surface area contributed by atoms with Crippen molar-refractivity contribution in [1.82, 2.24) is 0 Å². The number of hydrogen-bond donors (Lipinski definition) is 1. The lowest BCUT2D eigenvalue weighted by Gasteiger charge is -2.11. The van der Waals surface area contributed by atoms with E-state index in [-0.39, 0.29) is 0 Å². The Morgan fingerprint density at radius 3 is 2.43 bits per heavy atom. The predicted octanol–water partition coefficient (Wildman–Crippen LogP) is 5.91. The topological polar surface area (TPSA) is 12.0 Å². The SMILES string of the molecule is C=C(C)c1ccc(C)c(-c2ccc(NCCCC)cc2)c1. The quantitative estimate of drug-likeness (QED) is 0.648. The number of aryl methyl sites for hydroxylation is 1. The number of nitrogens with one attached hydrogen (secondary N) is 1. The minimum Gasteiger partial charge on any atom is -0.385 e. The van der Waals surface area contributed by atoms with Gasteiger partial charge >= 0.3 is 0 Å². The Morgan fingerprint density at radius 1 is 1.10 bits per heavy atom. The van der Waals surface area contributed by atoms with Crippen LogP contribution < -0.4 is 5.32 Å². The van der Waals surface area contributed by atoms with Crippen LogP contribution in [0.3, 0.4) is 0 Å². The molecule has 110 valence electrons. The maximum atomic E-state index is 4.04. The average Bonchev–Trinajstić information content (AvgIpc) is 2.48. The van der Waals surface area contributed by atoms with Gasteiger partial charge in [0.1, 0.15) is 0 Å². The third-order valence-electron chi connectivity index (χ3n) is 3.79. The van der Waals surface area contributed by atoms with Gasteiger partial charge in [0.15, 0.2) is 0 Å². The van der Waals surface area contributed by atoms with Crippen molar-refractivity contribution >= 4 is 11.3 Å². The lowest BCUT2D eigenvalue weighted by atomic mass is 9.96. The van der Waals surface area contributed by atoms with Crippen molar-refractivity contribution in [3.8, 4) is 11.1 Å². The minimum absolute atomic E-state index is 1.04. The van der Waals surface area contributed by atoms with Gasteiger partial charge in [0.2, 0.25) is 0 Å². The molecule has 1 N–H and O–H groups in total. The molecule has 2 aromatic carbocycles. The van der Waals surface area contributed by atoms with Crippen LogP contribution in [0.5, 0.6) is 0 Å². The van der Waals surface area contributed by atoms with Gasteiger partial charge in [-0.3, -0.25) is 0 Å². The number of rotatable bonds is 6. The lowest BCUT2D eigenvalue weighted by molar-refractivity contribution is 0.834. The number of unbranched alkanes of at least 4 members (excludes halogenated alkanes) is 1. The van der Waals surface area contributed by atoms with E-state index in [0.29, 0.717) is 0 Å². The van der Waals surface area contributed by atoms with Crippen LogP contribution in [-0.2, 0) is 0 Å². The molecular formula is C20H25N. The summed E-state index contributed by atoms with van der Waals surface area (Å²) < 4.78 is 0. The summed E-state index contributed by atoms with van der Waals surface area (Å²) in [6.45, 7) is 11.5. The van der Waals surface area contributed by atoms with Gasteiger partial charge in [-0.25, -0.2) is 0 Å². The molecule has 21 heavy (non-hydrogen) atoms. The number of benzene rings is 2. The Balaban J connectivity index is 2.22. The van der Waals surface area contributed by atoms with Gasteiger partial charge in [0.05, 0.1) is 0 Å². The van der Waals surface area contributed by atoms with Crippen LogP contribution in [0.2, 0.25) is 0 Å². The highest BCUT2D eigenvalue weighted by atomic mass is 14.9. The van der Waals surface area contributed by atoms with Crippen molar-refractivity contribution in [3.05, 3.63) is 60.2 Å². The number of anilines is 1. The van der Waals surface area contributed by atoms with E-state index in [1.54, 1.807) is 0 Å². The Hall–Kier alpha value is -2.02. The summed E-state index contributed by atoms with van der Waals surface area (Å²) in [4.78, 5) is 0. The molecule has 0 saturated carbocycles. The zero-order chi connectivity index (χ0) is 15.2. The van der Waals surface area contributed by atoms with E-state index in [9.17, 15) is 0 Å². The molecule has 0 saturated heterocycles. The number of allylic oxidation sites excluding steroid dienone is 1. The van der Waals surface area contributed by atoms with Crippen LogP contribution in [0, 0.1) is 6.92 Å². The predicted molar refractivity (Wildman–Crippen MR) is 94.7 cm³/mol. The lowest BCUT2D eigenvalue weighted by Crippen LogP contribution is -2.00. The molecule has 2 aromatic rings. The van der Waals surface area contributed by atoms with E-state index in [1.807, 2.05) is 0 Å². The van der Waals surface area contributed by atoms with Crippen LogP contribution in [0.15, 0.2) is 49.0 Å². The van der Waals surface area contributed by atoms with Crippen LogP contribution in [-0.4, -0.2) is 6.54 Å². The third-order valence-corrected chi connectivity index (χ3v) is 3.79. The van der Waals surface area contributed by atoms with Gasteiger partial charge in [0, 0.05) is 12.2 Å². The van der Waals surface area contributed by atoms with Gasteiger partial charge < -0.3 is 5.32 Å². The highest BCUT2D eigenvalue weighted by Gasteiger charge is 2.04. The molecule has 0 spiro atoms. The second kappa shape index (κ2) is 7.12. The van der Waals surface area contributed by atoms with Gasteiger partial charge in [-0.1, -0.05) is 49.8 Å². The largest absolute Gasteiger partial charge is 0.385 e. The molecule has 0 aliphatic rings. The fourth-order valence-corrected chi connectivity index (χ4v) is 2.38. The molecular weight excluding hydrogens is 254 g/mol. The molecule has 0 aromatic heterocycles. The van der Waals surface area contributed by atoms with Crippen LogP contribution >= 0.6 is 0 Å². The molecule has 0 atom stereocenters. The monoisotopic (exact) mass is 279 g/mol. The van der Waals surface area contributed by atoms with Crippen LogP contribution in [0.25, 0.3) is 16.7 Å². The smallest absolute Gasteiger partial charge is 0.0340 e. The first-order valence-corrected chi connectivity index (χ1v) is 7.72. The maximum absolute atomic E-state index is 4.04.